The van der Waals surface area contributed by atoms with Crippen molar-refractivity contribution in [1.29, 1.82) is 0 Å². The second-order valence-corrected chi connectivity index (χ2v) is 9.08. The van der Waals surface area contributed by atoms with E-state index in [0.717, 1.165) is 22.3 Å². The van der Waals surface area contributed by atoms with Gasteiger partial charge < -0.3 is 20.3 Å². The van der Waals surface area contributed by atoms with Crippen LogP contribution < -0.4 is 5.73 Å². The summed E-state index contributed by atoms with van der Waals surface area (Å²) >= 11 is 0. The van der Waals surface area contributed by atoms with Gasteiger partial charge in [-0.25, -0.2) is 0 Å². The number of fused-ring (bicyclic) bond motifs is 3. The third-order valence-corrected chi connectivity index (χ3v) is 5.59. The Kier molecular flexibility index (Phi) is 6.82. The number of esters is 1. The number of benzene rings is 2. The number of carboxylic acid groups (broad SMARTS) is 1. The molecule has 2 aromatic rings. The molecular weight excluding hydrogens is 394 g/mol. The smallest absolute Gasteiger partial charge is 0.320 e. The number of aliphatic carboxylic acids is 1. The maximum atomic E-state index is 12.7. The van der Waals surface area contributed by atoms with Gasteiger partial charge in [0.1, 0.15) is 6.61 Å². The molecule has 1 aliphatic rings. The molecule has 0 bridgehead atoms. The van der Waals surface area contributed by atoms with Crippen LogP contribution in [0.2, 0.25) is 0 Å². The predicted molar refractivity (Wildman–Crippen MR) is 119 cm³/mol. The van der Waals surface area contributed by atoms with Crippen LogP contribution in [-0.2, 0) is 19.1 Å². The van der Waals surface area contributed by atoms with E-state index in [2.05, 4.69) is 0 Å². The maximum Gasteiger partial charge on any atom is 0.320 e. The first-order valence-corrected chi connectivity index (χ1v) is 10.6. The van der Waals surface area contributed by atoms with Crippen molar-refractivity contribution in [3.05, 3.63) is 59.7 Å². The molecule has 3 rings (SSSR count). The quantitative estimate of drug-likeness (QED) is 0.491. The summed E-state index contributed by atoms with van der Waals surface area (Å²) in [6.45, 7) is 7.57. The molecule has 0 saturated carbocycles. The molecule has 0 radical (unpaired) electrons. The molecule has 2 aromatic carbocycles. The highest BCUT2D eigenvalue weighted by Gasteiger charge is 2.35. The van der Waals surface area contributed by atoms with Crippen molar-refractivity contribution in [1.82, 2.24) is 0 Å². The molecule has 0 saturated heterocycles. The van der Waals surface area contributed by atoms with Crippen molar-refractivity contribution in [2.75, 3.05) is 6.61 Å². The SMILES string of the molecule is C[C@@H](OC(C)(C)C)[C@H](N)CC(C(=O)O)C(=O)OCC1c2ccccc2-c2ccccc21. The Hall–Kier alpha value is -2.70. The summed E-state index contributed by atoms with van der Waals surface area (Å²) < 4.78 is 11.3. The molecule has 0 aromatic heterocycles. The second kappa shape index (κ2) is 9.20. The molecule has 1 unspecified atom stereocenters. The Morgan fingerprint density at radius 3 is 2.03 bits per heavy atom. The number of carbonyl (C=O) groups is 2. The summed E-state index contributed by atoms with van der Waals surface area (Å²) in [6.07, 6.45) is -0.452. The van der Waals surface area contributed by atoms with E-state index in [1.54, 1.807) is 6.92 Å². The van der Waals surface area contributed by atoms with Gasteiger partial charge in [0.15, 0.2) is 5.92 Å². The van der Waals surface area contributed by atoms with Gasteiger partial charge in [0, 0.05) is 12.0 Å². The lowest BCUT2D eigenvalue weighted by molar-refractivity contribution is -0.160. The highest BCUT2D eigenvalue weighted by atomic mass is 16.5. The van der Waals surface area contributed by atoms with E-state index >= 15 is 0 Å². The van der Waals surface area contributed by atoms with E-state index in [4.69, 9.17) is 15.2 Å². The van der Waals surface area contributed by atoms with Crippen LogP contribution in [0.1, 0.15) is 51.2 Å². The fraction of sp³-hybridized carbons (Fsp3) is 0.440. The van der Waals surface area contributed by atoms with E-state index < -0.39 is 35.6 Å². The molecule has 0 heterocycles. The van der Waals surface area contributed by atoms with E-state index in [1.165, 1.54) is 0 Å². The molecular formula is C25H31NO5. The van der Waals surface area contributed by atoms with Crippen LogP contribution in [0.5, 0.6) is 0 Å². The van der Waals surface area contributed by atoms with Gasteiger partial charge in [-0.2, -0.15) is 0 Å². The number of rotatable bonds is 8. The van der Waals surface area contributed by atoms with Gasteiger partial charge >= 0.3 is 11.9 Å². The highest BCUT2D eigenvalue weighted by Crippen LogP contribution is 2.44. The van der Waals surface area contributed by atoms with E-state index in [-0.39, 0.29) is 18.9 Å². The second-order valence-electron chi connectivity index (χ2n) is 9.08. The van der Waals surface area contributed by atoms with Gasteiger partial charge in [0.25, 0.3) is 0 Å². The number of ether oxygens (including phenoxy) is 2. The molecule has 31 heavy (non-hydrogen) atoms. The molecule has 166 valence electrons. The van der Waals surface area contributed by atoms with Crippen LogP contribution in [-0.4, -0.2) is 41.4 Å². The maximum absolute atomic E-state index is 12.7. The van der Waals surface area contributed by atoms with E-state index in [1.807, 2.05) is 69.3 Å². The van der Waals surface area contributed by atoms with Gasteiger partial charge in [-0.1, -0.05) is 48.5 Å². The molecule has 6 nitrogen and oxygen atoms in total. The molecule has 1 aliphatic carbocycles. The molecule has 0 amide bonds. The molecule has 0 aliphatic heterocycles. The Bertz CT molecular complexity index is 903. The zero-order chi connectivity index (χ0) is 22.8. The summed E-state index contributed by atoms with van der Waals surface area (Å²) in [5.74, 6) is -3.47. The zero-order valence-corrected chi connectivity index (χ0v) is 18.5. The lowest BCUT2D eigenvalue weighted by Gasteiger charge is -2.29. The number of hydrogen-bond donors (Lipinski definition) is 2. The Labute approximate surface area is 183 Å². The van der Waals surface area contributed by atoms with Crippen LogP contribution in [0.3, 0.4) is 0 Å². The predicted octanol–water partition coefficient (Wildman–Crippen LogP) is 3.96. The third kappa shape index (κ3) is 5.32. The van der Waals surface area contributed by atoms with Crippen molar-refractivity contribution in [3.63, 3.8) is 0 Å². The lowest BCUT2D eigenvalue weighted by Crippen LogP contribution is -2.43. The molecule has 0 fully saturated rings. The van der Waals surface area contributed by atoms with E-state index in [9.17, 15) is 14.7 Å². The molecule has 3 N–H and O–H groups in total. The lowest BCUT2D eigenvalue weighted by atomic mass is 9.96. The topological polar surface area (TPSA) is 98.9 Å². The van der Waals surface area contributed by atoms with Gasteiger partial charge in [0.2, 0.25) is 0 Å². The number of nitrogens with two attached hydrogens (primary N) is 1. The fourth-order valence-corrected chi connectivity index (χ4v) is 4.11. The number of carbonyl (C=O) groups excluding carboxylic acids is 1. The average molecular weight is 426 g/mol. The third-order valence-electron chi connectivity index (χ3n) is 5.59. The normalized spacial score (nSPS) is 16.2. The average Bonchev–Trinajstić information content (AvgIpc) is 3.02. The summed E-state index contributed by atoms with van der Waals surface area (Å²) in [5.41, 5.74) is 10.1. The molecule has 3 atom stereocenters. The minimum atomic E-state index is -1.34. The number of hydrogen-bond acceptors (Lipinski definition) is 5. The first-order valence-electron chi connectivity index (χ1n) is 10.6. The first-order chi connectivity index (χ1) is 14.6. The van der Waals surface area contributed by atoms with Crippen molar-refractivity contribution in [2.24, 2.45) is 11.7 Å². The highest BCUT2D eigenvalue weighted by molar-refractivity contribution is 5.94. The first kappa shape index (κ1) is 23.0. The van der Waals surface area contributed by atoms with E-state index in [0.29, 0.717) is 0 Å². The summed E-state index contributed by atoms with van der Waals surface area (Å²) in [4.78, 5) is 24.5. The summed E-state index contributed by atoms with van der Waals surface area (Å²) in [6, 6.07) is 15.4. The van der Waals surface area contributed by atoms with Crippen LogP contribution >= 0.6 is 0 Å². The van der Waals surface area contributed by atoms with Crippen LogP contribution in [0.25, 0.3) is 11.1 Å². The van der Waals surface area contributed by atoms with Gasteiger partial charge in [0.05, 0.1) is 11.7 Å². The zero-order valence-electron chi connectivity index (χ0n) is 18.5. The Morgan fingerprint density at radius 1 is 1.03 bits per heavy atom. The van der Waals surface area contributed by atoms with Crippen molar-refractivity contribution < 1.29 is 24.2 Å². The Balaban J connectivity index is 1.69. The van der Waals surface area contributed by atoms with Crippen molar-refractivity contribution >= 4 is 11.9 Å². The summed E-state index contributed by atoms with van der Waals surface area (Å²) in [5, 5.41) is 9.62. The van der Waals surface area contributed by atoms with Crippen LogP contribution in [0.15, 0.2) is 48.5 Å². The number of carboxylic acids is 1. The van der Waals surface area contributed by atoms with Gasteiger partial charge in [-0.15, -0.1) is 0 Å². The summed E-state index contributed by atoms with van der Waals surface area (Å²) in [7, 11) is 0. The fourth-order valence-electron chi connectivity index (χ4n) is 4.11. The van der Waals surface area contributed by atoms with Crippen LogP contribution in [0, 0.1) is 5.92 Å². The monoisotopic (exact) mass is 425 g/mol. The minimum Gasteiger partial charge on any atom is -0.481 e. The van der Waals surface area contributed by atoms with Gasteiger partial charge in [-0.3, -0.25) is 9.59 Å². The molecule has 0 spiro atoms. The standard InChI is InChI=1S/C25H31NO5/c1-15(31-25(2,3)4)22(26)13-20(23(27)28)24(29)30-14-21-18-11-7-5-9-16(18)17-10-6-8-12-19(17)21/h5-12,15,20-22H,13-14,26H2,1-4H3,(H,27,28)/t15-,20?,22-/m1/s1. The molecule has 6 heteroatoms. The van der Waals surface area contributed by atoms with Crippen molar-refractivity contribution in [3.8, 4) is 11.1 Å². The van der Waals surface area contributed by atoms with Crippen LogP contribution in [0.4, 0.5) is 0 Å². The minimum absolute atomic E-state index is 0.0523. The van der Waals surface area contributed by atoms with Gasteiger partial charge in [-0.05, 0) is 56.4 Å². The Morgan fingerprint density at radius 2 is 1.55 bits per heavy atom. The van der Waals surface area contributed by atoms with Crippen molar-refractivity contribution in [2.45, 2.75) is 57.8 Å². The largest absolute Gasteiger partial charge is 0.481 e.